The Hall–Kier alpha value is -0.870. The van der Waals surface area contributed by atoms with E-state index < -0.39 is 0 Å². The Labute approximate surface area is 138 Å². The zero-order chi connectivity index (χ0) is 15.4. The largest absolute Gasteiger partial charge is 0.394 e. The fourth-order valence-electron chi connectivity index (χ4n) is 3.60. The summed E-state index contributed by atoms with van der Waals surface area (Å²) in [6, 6.07) is 0. The molecular weight excluding hydrogens is 292 g/mol. The third-order valence-electron chi connectivity index (χ3n) is 4.92. The summed E-state index contributed by atoms with van der Waals surface area (Å²) in [5.41, 5.74) is 4.31. The summed E-state index contributed by atoms with van der Waals surface area (Å²) in [6.07, 6.45) is 8.78. The molecule has 2 aliphatic rings. The molecule has 3 rings (SSSR count). The van der Waals surface area contributed by atoms with Crippen molar-refractivity contribution in [3.63, 3.8) is 0 Å². The standard InChI is InChI=1S/C18H28N2OS/c1-3-20(4-2)12-13-21-19-15-9-7-11-17-18(15)14-8-5-6-10-16(14)22-17/h3-13H2,1-2H3. The van der Waals surface area contributed by atoms with Crippen LogP contribution < -0.4 is 0 Å². The number of hydrogen-bond donors (Lipinski definition) is 0. The van der Waals surface area contributed by atoms with E-state index in [1.54, 1.807) is 15.3 Å². The van der Waals surface area contributed by atoms with E-state index in [1.807, 2.05) is 11.3 Å². The van der Waals surface area contributed by atoms with E-state index in [4.69, 9.17) is 4.84 Å². The topological polar surface area (TPSA) is 24.8 Å². The number of rotatable bonds is 6. The lowest BCUT2D eigenvalue weighted by atomic mass is 9.88. The van der Waals surface area contributed by atoms with Gasteiger partial charge in [-0.3, -0.25) is 0 Å². The summed E-state index contributed by atoms with van der Waals surface area (Å²) >= 11 is 2.05. The van der Waals surface area contributed by atoms with Crippen molar-refractivity contribution in [1.82, 2.24) is 4.90 Å². The Morgan fingerprint density at radius 1 is 1.00 bits per heavy atom. The van der Waals surface area contributed by atoms with Crippen molar-refractivity contribution in [2.75, 3.05) is 26.2 Å². The number of likely N-dealkylation sites (N-methyl/N-ethyl adjacent to an activating group) is 1. The predicted octanol–water partition coefficient (Wildman–Crippen LogP) is 4.03. The van der Waals surface area contributed by atoms with Gasteiger partial charge in [0.1, 0.15) is 6.61 Å². The molecule has 1 heterocycles. The van der Waals surface area contributed by atoms with Gasteiger partial charge in [0.25, 0.3) is 0 Å². The Balaban J connectivity index is 1.68. The molecule has 1 aromatic rings. The Kier molecular flexibility index (Phi) is 5.53. The minimum Gasteiger partial charge on any atom is -0.394 e. The van der Waals surface area contributed by atoms with Crippen LogP contribution in [0.1, 0.15) is 60.4 Å². The normalized spacial score (nSPS) is 19.3. The molecule has 0 fully saturated rings. The van der Waals surface area contributed by atoms with Crippen molar-refractivity contribution in [3.8, 4) is 0 Å². The van der Waals surface area contributed by atoms with Crippen LogP contribution in [-0.4, -0.2) is 36.9 Å². The molecule has 22 heavy (non-hydrogen) atoms. The Morgan fingerprint density at radius 2 is 1.77 bits per heavy atom. The molecule has 0 aromatic carbocycles. The molecule has 3 nitrogen and oxygen atoms in total. The molecule has 0 N–H and O–H groups in total. The second-order valence-corrected chi connectivity index (χ2v) is 7.45. The molecule has 0 aliphatic heterocycles. The molecule has 0 spiro atoms. The number of oxime groups is 1. The van der Waals surface area contributed by atoms with Crippen LogP contribution in [0.15, 0.2) is 5.16 Å². The molecule has 0 amide bonds. The SMILES string of the molecule is CCN(CC)CCON=C1CCCc2sc3c(c21)CCCC3. The van der Waals surface area contributed by atoms with E-state index in [1.165, 1.54) is 49.8 Å². The molecule has 0 bridgehead atoms. The predicted molar refractivity (Wildman–Crippen MR) is 94.2 cm³/mol. The van der Waals surface area contributed by atoms with Gasteiger partial charge in [-0.25, -0.2) is 0 Å². The first-order valence-corrected chi connectivity index (χ1v) is 9.70. The Bertz CT molecular complexity index is 531. The Morgan fingerprint density at radius 3 is 2.59 bits per heavy atom. The summed E-state index contributed by atoms with van der Waals surface area (Å²) in [4.78, 5) is 11.3. The third kappa shape index (κ3) is 3.38. The number of hydrogen-bond acceptors (Lipinski definition) is 4. The first kappa shape index (κ1) is 16.0. The zero-order valence-electron chi connectivity index (χ0n) is 14.0. The van der Waals surface area contributed by atoms with Gasteiger partial charge in [-0.15, -0.1) is 11.3 Å². The molecule has 0 saturated heterocycles. The van der Waals surface area contributed by atoms with E-state index in [0.29, 0.717) is 6.61 Å². The van der Waals surface area contributed by atoms with Crippen LogP contribution in [0.4, 0.5) is 0 Å². The highest BCUT2D eigenvalue weighted by molar-refractivity contribution is 7.12. The van der Waals surface area contributed by atoms with Crippen molar-refractivity contribution < 1.29 is 4.84 Å². The molecule has 0 saturated carbocycles. The average molecular weight is 321 g/mol. The zero-order valence-corrected chi connectivity index (χ0v) is 14.8. The molecule has 1 aromatic heterocycles. The number of aryl methyl sites for hydroxylation is 2. The van der Waals surface area contributed by atoms with E-state index in [-0.39, 0.29) is 0 Å². The lowest BCUT2D eigenvalue weighted by Gasteiger charge is -2.19. The third-order valence-corrected chi connectivity index (χ3v) is 6.27. The number of nitrogens with zero attached hydrogens (tertiary/aromatic N) is 2. The molecule has 0 atom stereocenters. The van der Waals surface area contributed by atoms with E-state index in [2.05, 4.69) is 23.9 Å². The van der Waals surface area contributed by atoms with Gasteiger partial charge in [0, 0.05) is 21.9 Å². The van der Waals surface area contributed by atoms with E-state index in [9.17, 15) is 0 Å². The summed E-state index contributed by atoms with van der Waals surface area (Å²) in [7, 11) is 0. The van der Waals surface area contributed by atoms with Crippen LogP contribution in [0.25, 0.3) is 0 Å². The van der Waals surface area contributed by atoms with E-state index in [0.717, 1.165) is 26.1 Å². The molecule has 2 aliphatic carbocycles. The van der Waals surface area contributed by atoms with Crippen molar-refractivity contribution >= 4 is 17.0 Å². The van der Waals surface area contributed by atoms with Crippen molar-refractivity contribution in [1.29, 1.82) is 0 Å². The summed E-state index contributed by atoms with van der Waals surface area (Å²) < 4.78 is 0. The summed E-state index contributed by atoms with van der Waals surface area (Å²) in [5, 5.41) is 4.54. The maximum Gasteiger partial charge on any atom is 0.129 e. The highest BCUT2D eigenvalue weighted by Gasteiger charge is 2.26. The number of fused-ring (bicyclic) bond motifs is 3. The molecule has 4 heteroatoms. The summed E-state index contributed by atoms with van der Waals surface area (Å²) in [5.74, 6) is 0. The first-order valence-electron chi connectivity index (χ1n) is 8.88. The van der Waals surface area contributed by atoms with Crippen LogP contribution in [0.2, 0.25) is 0 Å². The van der Waals surface area contributed by atoms with Crippen molar-refractivity contribution in [3.05, 3.63) is 20.9 Å². The van der Waals surface area contributed by atoms with Gasteiger partial charge in [0.2, 0.25) is 0 Å². The second-order valence-electron chi connectivity index (χ2n) is 6.26. The maximum atomic E-state index is 5.68. The van der Waals surface area contributed by atoms with Crippen LogP contribution in [-0.2, 0) is 24.1 Å². The van der Waals surface area contributed by atoms with Crippen LogP contribution >= 0.6 is 11.3 Å². The molecular formula is C18H28N2OS. The number of thiophene rings is 1. The lowest BCUT2D eigenvalue weighted by Crippen LogP contribution is -2.26. The first-order chi connectivity index (χ1) is 10.8. The van der Waals surface area contributed by atoms with Gasteiger partial charge in [-0.1, -0.05) is 19.0 Å². The van der Waals surface area contributed by atoms with Gasteiger partial charge >= 0.3 is 0 Å². The summed E-state index contributed by atoms with van der Waals surface area (Å²) in [6.45, 7) is 8.23. The van der Waals surface area contributed by atoms with Crippen LogP contribution in [0.5, 0.6) is 0 Å². The quantitative estimate of drug-likeness (QED) is 0.584. The van der Waals surface area contributed by atoms with Gasteiger partial charge < -0.3 is 9.74 Å². The fraction of sp³-hybridized carbons (Fsp3) is 0.722. The molecule has 0 unspecified atom stereocenters. The molecule has 0 radical (unpaired) electrons. The van der Waals surface area contributed by atoms with Crippen molar-refractivity contribution in [2.24, 2.45) is 5.16 Å². The monoisotopic (exact) mass is 320 g/mol. The maximum absolute atomic E-state index is 5.68. The van der Waals surface area contributed by atoms with Crippen molar-refractivity contribution in [2.45, 2.75) is 58.8 Å². The van der Waals surface area contributed by atoms with Gasteiger partial charge in [0.05, 0.1) is 5.71 Å². The highest BCUT2D eigenvalue weighted by Crippen LogP contribution is 2.38. The minimum atomic E-state index is 0.701. The van der Waals surface area contributed by atoms with Crippen LogP contribution in [0, 0.1) is 0 Å². The minimum absolute atomic E-state index is 0.701. The lowest BCUT2D eigenvalue weighted by molar-refractivity contribution is 0.114. The van der Waals surface area contributed by atoms with E-state index >= 15 is 0 Å². The second kappa shape index (κ2) is 7.60. The van der Waals surface area contributed by atoms with Gasteiger partial charge in [0.15, 0.2) is 0 Å². The van der Waals surface area contributed by atoms with Gasteiger partial charge in [-0.2, -0.15) is 0 Å². The smallest absolute Gasteiger partial charge is 0.129 e. The van der Waals surface area contributed by atoms with Gasteiger partial charge in [-0.05, 0) is 63.6 Å². The fourth-order valence-corrected chi connectivity index (χ4v) is 5.06. The average Bonchev–Trinajstić information content (AvgIpc) is 2.94. The highest BCUT2D eigenvalue weighted by atomic mass is 32.1. The molecule has 122 valence electrons. The van der Waals surface area contributed by atoms with Crippen LogP contribution in [0.3, 0.4) is 0 Å².